The van der Waals surface area contributed by atoms with E-state index in [4.69, 9.17) is 4.74 Å². The molecule has 1 fully saturated rings. The van der Waals surface area contributed by atoms with Crippen molar-refractivity contribution in [3.8, 4) is 5.75 Å². The number of anilines is 1. The number of carbonyl (C=O) groups excluding carboxylic acids is 1. The van der Waals surface area contributed by atoms with Crippen LogP contribution in [0.4, 0.5) is 5.82 Å². The molecule has 3 rings (SSSR count). The summed E-state index contributed by atoms with van der Waals surface area (Å²) in [6.07, 6.45) is 2.64. The van der Waals surface area contributed by atoms with E-state index in [0.717, 1.165) is 11.3 Å². The van der Waals surface area contributed by atoms with Crippen molar-refractivity contribution in [2.75, 3.05) is 38.2 Å². The van der Waals surface area contributed by atoms with E-state index in [2.05, 4.69) is 4.98 Å². The van der Waals surface area contributed by atoms with Crippen LogP contribution in [0.5, 0.6) is 5.75 Å². The van der Waals surface area contributed by atoms with Gasteiger partial charge in [-0.25, -0.2) is 9.78 Å². The molecule has 1 amide bonds. The summed E-state index contributed by atoms with van der Waals surface area (Å²) in [5.41, 5.74) is 1.21. The average molecular weight is 369 g/mol. The van der Waals surface area contributed by atoms with Crippen molar-refractivity contribution < 1.29 is 19.4 Å². The molecule has 2 heterocycles. The highest BCUT2D eigenvalue weighted by Gasteiger charge is 2.24. The fraction of sp³-hybridized carbons (Fsp3) is 0.350. The zero-order valence-corrected chi connectivity index (χ0v) is 15.3. The normalized spacial score (nSPS) is 14.1. The lowest BCUT2D eigenvalue weighted by molar-refractivity contribution is -0.131. The molecule has 1 N–H and O–H groups in total. The molecule has 0 atom stereocenters. The number of nitrogens with zero attached hydrogens (tertiary/aromatic N) is 3. The maximum atomic E-state index is 12.5. The summed E-state index contributed by atoms with van der Waals surface area (Å²) in [5, 5.41) is 9.32. The SMILES string of the molecule is COc1ccccc1CCC(=O)N1CCN(c2ncccc2C(=O)O)CC1. The first-order valence-corrected chi connectivity index (χ1v) is 8.93. The van der Waals surface area contributed by atoms with Crippen LogP contribution in [-0.4, -0.2) is 60.2 Å². The summed E-state index contributed by atoms with van der Waals surface area (Å²) in [6.45, 7) is 2.25. The highest BCUT2D eigenvalue weighted by atomic mass is 16.5. The third-order valence-corrected chi connectivity index (χ3v) is 4.75. The number of carboxylic acids is 1. The van der Waals surface area contributed by atoms with Gasteiger partial charge in [-0.15, -0.1) is 0 Å². The van der Waals surface area contributed by atoms with Gasteiger partial charge in [-0.3, -0.25) is 4.79 Å². The van der Waals surface area contributed by atoms with E-state index in [1.165, 1.54) is 0 Å². The summed E-state index contributed by atoms with van der Waals surface area (Å²) in [4.78, 5) is 31.9. The van der Waals surface area contributed by atoms with Gasteiger partial charge in [0.25, 0.3) is 0 Å². The number of methoxy groups -OCH3 is 1. The van der Waals surface area contributed by atoms with Crippen LogP contribution in [0, 0.1) is 0 Å². The van der Waals surface area contributed by atoms with Gasteiger partial charge in [0, 0.05) is 38.8 Å². The second-order valence-electron chi connectivity index (χ2n) is 6.36. The second-order valence-corrected chi connectivity index (χ2v) is 6.36. The number of para-hydroxylation sites is 1. The molecule has 0 saturated carbocycles. The molecule has 1 aromatic heterocycles. The third kappa shape index (κ3) is 4.36. The number of ether oxygens (including phenoxy) is 1. The molecule has 142 valence electrons. The molecule has 0 bridgehead atoms. The number of hydrogen-bond acceptors (Lipinski definition) is 5. The van der Waals surface area contributed by atoms with Crippen LogP contribution < -0.4 is 9.64 Å². The molecule has 7 heteroatoms. The van der Waals surface area contributed by atoms with Crippen molar-refractivity contribution in [3.05, 3.63) is 53.7 Å². The Morgan fingerprint density at radius 2 is 1.85 bits per heavy atom. The van der Waals surface area contributed by atoms with Crippen molar-refractivity contribution in [2.45, 2.75) is 12.8 Å². The number of benzene rings is 1. The summed E-state index contributed by atoms with van der Waals surface area (Å²) in [6, 6.07) is 10.9. The van der Waals surface area contributed by atoms with Crippen LogP contribution >= 0.6 is 0 Å². The predicted molar refractivity (Wildman–Crippen MR) is 101 cm³/mol. The van der Waals surface area contributed by atoms with Crippen molar-refractivity contribution in [1.29, 1.82) is 0 Å². The van der Waals surface area contributed by atoms with Gasteiger partial charge in [-0.1, -0.05) is 18.2 Å². The fourth-order valence-electron chi connectivity index (χ4n) is 3.29. The Morgan fingerprint density at radius 1 is 1.11 bits per heavy atom. The van der Waals surface area contributed by atoms with E-state index in [1.54, 1.807) is 25.4 Å². The van der Waals surface area contributed by atoms with Gasteiger partial charge in [-0.05, 0) is 30.2 Å². The lowest BCUT2D eigenvalue weighted by atomic mass is 10.1. The van der Waals surface area contributed by atoms with Crippen molar-refractivity contribution in [1.82, 2.24) is 9.88 Å². The van der Waals surface area contributed by atoms with Crippen molar-refractivity contribution in [2.24, 2.45) is 0 Å². The average Bonchev–Trinajstić information content (AvgIpc) is 2.72. The molecule has 7 nitrogen and oxygen atoms in total. The van der Waals surface area contributed by atoms with E-state index >= 15 is 0 Å². The zero-order chi connectivity index (χ0) is 19.2. The van der Waals surface area contributed by atoms with Crippen LogP contribution in [0.1, 0.15) is 22.3 Å². The van der Waals surface area contributed by atoms with E-state index in [0.29, 0.717) is 44.8 Å². The van der Waals surface area contributed by atoms with Crippen LogP contribution in [0.15, 0.2) is 42.6 Å². The van der Waals surface area contributed by atoms with Gasteiger partial charge in [0.15, 0.2) is 0 Å². The molecule has 0 spiro atoms. The summed E-state index contributed by atoms with van der Waals surface area (Å²) < 4.78 is 5.33. The Hall–Kier alpha value is -3.09. The molecule has 1 aliphatic heterocycles. The minimum Gasteiger partial charge on any atom is -0.496 e. The fourth-order valence-corrected chi connectivity index (χ4v) is 3.29. The molecule has 0 radical (unpaired) electrons. The Kier molecular flexibility index (Phi) is 5.90. The minimum atomic E-state index is -0.992. The van der Waals surface area contributed by atoms with E-state index < -0.39 is 5.97 Å². The number of amides is 1. The van der Waals surface area contributed by atoms with Crippen molar-refractivity contribution in [3.63, 3.8) is 0 Å². The first kappa shape index (κ1) is 18.7. The van der Waals surface area contributed by atoms with Gasteiger partial charge in [-0.2, -0.15) is 0 Å². The van der Waals surface area contributed by atoms with Crippen LogP contribution in [0.25, 0.3) is 0 Å². The monoisotopic (exact) mass is 369 g/mol. The van der Waals surface area contributed by atoms with E-state index in [9.17, 15) is 14.7 Å². The Labute approximate surface area is 158 Å². The molecule has 2 aromatic rings. The number of hydrogen-bond donors (Lipinski definition) is 1. The molecular weight excluding hydrogens is 346 g/mol. The summed E-state index contributed by atoms with van der Waals surface area (Å²) in [5.74, 6) is 0.367. The van der Waals surface area contributed by atoms with Gasteiger partial charge in [0.1, 0.15) is 17.1 Å². The number of piperazine rings is 1. The number of pyridine rings is 1. The molecule has 1 aromatic carbocycles. The number of aryl methyl sites for hydroxylation is 1. The minimum absolute atomic E-state index is 0.0973. The van der Waals surface area contributed by atoms with E-state index in [-0.39, 0.29) is 11.5 Å². The van der Waals surface area contributed by atoms with Gasteiger partial charge < -0.3 is 19.6 Å². The number of carboxylic acid groups (broad SMARTS) is 1. The number of aromatic nitrogens is 1. The Bertz CT molecular complexity index is 816. The van der Waals surface area contributed by atoms with Gasteiger partial charge >= 0.3 is 5.97 Å². The Morgan fingerprint density at radius 3 is 2.56 bits per heavy atom. The first-order chi connectivity index (χ1) is 13.1. The summed E-state index contributed by atoms with van der Waals surface area (Å²) in [7, 11) is 1.63. The van der Waals surface area contributed by atoms with Crippen LogP contribution in [-0.2, 0) is 11.2 Å². The smallest absolute Gasteiger partial charge is 0.339 e. The molecule has 0 aliphatic carbocycles. The number of rotatable bonds is 6. The lowest BCUT2D eigenvalue weighted by Gasteiger charge is -2.36. The van der Waals surface area contributed by atoms with Gasteiger partial charge in [0.05, 0.1) is 7.11 Å². The number of aromatic carboxylic acids is 1. The van der Waals surface area contributed by atoms with Crippen LogP contribution in [0.3, 0.4) is 0 Å². The standard InChI is InChI=1S/C20H23N3O4/c1-27-17-7-3-2-5-15(17)8-9-18(24)22-11-13-23(14-12-22)19-16(20(25)26)6-4-10-21-19/h2-7,10H,8-9,11-14H2,1H3,(H,25,26). The summed E-state index contributed by atoms with van der Waals surface area (Å²) >= 11 is 0. The Balaban J connectivity index is 1.56. The largest absolute Gasteiger partial charge is 0.496 e. The topological polar surface area (TPSA) is 83.0 Å². The quantitative estimate of drug-likeness (QED) is 0.839. The maximum Gasteiger partial charge on any atom is 0.339 e. The lowest BCUT2D eigenvalue weighted by Crippen LogP contribution is -2.49. The maximum absolute atomic E-state index is 12.5. The second kappa shape index (κ2) is 8.53. The highest BCUT2D eigenvalue weighted by Crippen LogP contribution is 2.21. The molecular formula is C20H23N3O4. The molecule has 1 aliphatic rings. The first-order valence-electron chi connectivity index (χ1n) is 8.93. The third-order valence-electron chi connectivity index (χ3n) is 4.75. The number of carbonyl (C=O) groups is 2. The highest BCUT2D eigenvalue weighted by molar-refractivity contribution is 5.93. The van der Waals surface area contributed by atoms with Crippen LogP contribution in [0.2, 0.25) is 0 Å². The van der Waals surface area contributed by atoms with Crippen molar-refractivity contribution >= 4 is 17.7 Å². The van der Waals surface area contributed by atoms with Gasteiger partial charge in [0.2, 0.25) is 5.91 Å². The zero-order valence-electron chi connectivity index (χ0n) is 15.3. The predicted octanol–water partition coefficient (Wildman–Crippen LogP) is 2.07. The van der Waals surface area contributed by atoms with E-state index in [1.807, 2.05) is 34.1 Å². The molecule has 0 unspecified atom stereocenters. The molecule has 1 saturated heterocycles. The molecule has 27 heavy (non-hydrogen) atoms.